The average molecular weight is 478 g/mol. The van der Waals surface area contributed by atoms with Crippen LogP contribution in [0.3, 0.4) is 0 Å². The average Bonchev–Trinajstić information content (AvgIpc) is 3.17. The van der Waals surface area contributed by atoms with E-state index in [1.165, 1.54) is 28.8 Å². The summed E-state index contributed by atoms with van der Waals surface area (Å²) in [6.45, 7) is 2.99. The van der Waals surface area contributed by atoms with Crippen molar-refractivity contribution in [2.45, 2.75) is 31.9 Å². The summed E-state index contributed by atoms with van der Waals surface area (Å²) < 4.78 is 20.5. The van der Waals surface area contributed by atoms with Crippen LogP contribution in [0.1, 0.15) is 47.6 Å². The number of aliphatic hydroxyl groups is 1. The first kappa shape index (κ1) is 23.8. The molecule has 2 amide bonds. The highest BCUT2D eigenvalue weighted by Crippen LogP contribution is 2.31. The second-order valence-electron chi connectivity index (χ2n) is 8.52. The number of carbonyl (C=O) groups excluding carboxylic acids is 2. The zero-order valence-corrected chi connectivity index (χ0v) is 19.3. The molecule has 180 valence electrons. The minimum Gasteiger partial charge on any atom is -0.487 e. The summed E-state index contributed by atoms with van der Waals surface area (Å²) >= 11 is 0. The minimum atomic E-state index is -1.20. The summed E-state index contributed by atoms with van der Waals surface area (Å²) in [6.07, 6.45) is 0.177. The van der Waals surface area contributed by atoms with Crippen LogP contribution in [0, 0.1) is 17.7 Å². The molecule has 3 heterocycles. The Morgan fingerprint density at radius 1 is 1.26 bits per heavy atom. The van der Waals surface area contributed by atoms with E-state index in [1.54, 1.807) is 38.1 Å². The summed E-state index contributed by atoms with van der Waals surface area (Å²) in [5.41, 5.74) is 5.23. The molecular formula is C24H23FN6O4. The van der Waals surface area contributed by atoms with E-state index in [4.69, 9.17) is 10.5 Å². The van der Waals surface area contributed by atoms with Gasteiger partial charge in [-0.25, -0.2) is 19.0 Å². The van der Waals surface area contributed by atoms with E-state index in [2.05, 4.69) is 26.9 Å². The van der Waals surface area contributed by atoms with Gasteiger partial charge in [0.2, 0.25) is 5.82 Å². The van der Waals surface area contributed by atoms with E-state index in [0.717, 1.165) is 0 Å². The molecule has 2 aromatic heterocycles. The highest BCUT2D eigenvalue weighted by Gasteiger charge is 2.34. The van der Waals surface area contributed by atoms with Gasteiger partial charge in [0.25, 0.3) is 11.8 Å². The molecule has 0 bridgehead atoms. The van der Waals surface area contributed by atoms with Gasteiger partial charge in [-0.15, -0.1) is 5.10 Å². The van der Waals surface area contributed by atoms with Crippen LogP contribution in [0.2, 0.25) is 0 Å². The number of nitrogens with zero attached hydrogens (tertiary/aromatic N) is 5. The number of ether oxygens (including phenoxy) is 1. The van der Waals surface area contributed by atoms with Crippen molar-refractivity contribution in [1.82, 2.24) is 19.7 Å². The number of benzene rings is 1. The SMILES string of the molecule is CN1C(=O)[C@@H](n2nc(C(N)=O)nc2Cc2ccc(F)cc2)COc2ccc(C#CC(C)(C)O)nc21. The summed E-state index contributed by atoms with van der Waals surface area (Å²) in [5, 5.41) is 14.0. The number of hydrogen-bond donors (Lipinski definition) is 2. The predicted molar refractivity (Wildman–Crippen MR) is 123 cm³/mol. The van der Waals surface area contributed by atoms with Crippen molar-refractivity contribution >= 4 is 17.6 Å². The quantitative estimate of drug-likeness (QED) is 0.538. The molecule has 35 heavy (non-hydrogen) atoms. The number of primary amides is 1. The Hall–Kier alpha value is -4.30. The smallest absolute Gasteiger partial charge is 0.288 e. The number of rotatable bonds is 4. The lowest BCUT2D eigenvalue weighted by molar-refractivity contribution is -0.122. The van der Waals surface area contributed by atoms with E-state index in [9.17, 15) is 19.1 Å². The van der Waals surface area contributed by atoms with E-state index in [-0.39, 0.29) is 36.3 Å². The first-order valence-electron chi connectivity index (χ1n) is 10.7. The maximum atomic E-state index is 13.4. The third-order valence-corrected chi connectivity index (χ3v) is 5.16. The molecule has 1 aromatic carbocycles. The van der Waals surface area contributed by atoms with Crippen LogP contribution >= 0.6 is 0 Å². The summed E-state index contributed by atoms with van der Waals surface area (Å²) in [4.78, 5) is 35.1. The molecule has 0 aliphatic carbocycles. The molecule has 4 rings (SSSR count). The number of likely N-dealkylation sites (N-methyl/N-ethyl adjacent to an activating group) is 1. The molecule has 0 fully saturated rings. The molecule has 11 heteroatoms. The van der Waals surface area contributed by atoms with Crippen LogP contribution in [-0.4, -0.2) is 55.9 Å². The van der Waals surface area contributed by atoms with Gasteiger partial charge in [-0.3, -0.25) is 14.5 Å². The molecule has 1 aliphatic heterocycles. The van der Waals surface area contributed by atoms with E-state index in [1.807, 2.05) is 0 Å². The van der Waals surface area contributed by atoms with Crippen molar-refractivity contribution in [2.24, 2.45) is 5.73 Å². The number of carbonyl (C=O) groups is 2. The Morgan fingerprint density at radius 2 is 1.97 bits per heavy atom. The normalized spacial score (nSPS) is 15.5. The molecule has 0 saturated carbocycles. The van der Waals surface area contributed by atoms with Gasteiger partial charge in [-0.2, -0.15) is 0 Å². The number of aromatic nitrogens is 4. The van der Waals surface area contributed by atoms with Gasteiger partial charge in [0.1, 0.15) is 29.5 Å². The third kappa shape index (κ3) is 5.28. The van der Waals surface area contributed by atoms with Gasteiger partial charge in [-0.1, -0.05) is 18.1 Å². The van der Waals surface area contributed by atoms with Gasteiger partial charge >= 0.3 is 0 Å². The zero-order valence-electron chi connectivity index (χ0n) is 19.3. The standard InChI is InChI=1S/C24H23FN6O4/c1-24(2,34)11-10-16-8-9-18-22(27-16)30(3)23(33)17(13-35-18)31-19(28-21(29-31)20(26)32)12-14-4-6-15(25)7-5-14/h4-9,17,34H,12-13H2,1-3H3,(H2,26,32)/t17-/m0/s1. The lowest BCUT2D eigenvalue weighted by atomic mass is 10.1. The molecule has 3 aromatic rings. The first-order valence-corrected chi connectivity index (χ1v) is 10.7. The van der Waals surface area contributed by atoms with Crippen molar-refractivity contribution in [1.29, 1.82) is 0 Å². The van der Waals surface area contributed by atoms with Crippen molar-refractivity contribution in [3.8, 4) is 17.6 Å². The minimum absolute atomic E-state index is 0.107. The highest BCUT2D eigenvalue weighted by atomic mass is 19.1. The fourth-order valence-corrected chi connectivity index (χ4v) is 3.43. The Morgan fingerprint density at radius 3 is 2.63 bits per heavy atom. The number of pyridine rings is 1. The van der Waals surface area contributed by atoms with Gasteiger partial charge in [-0.05, 0) is 49.6 Å². The summed E-state index contributed by atoms with van der Waals surface area (Å²) in [5.74, 6) is 4.45. The fraction of sp³-hybridized carbons (Fsp3) is 0.292. The molecule has 0 unspecified atom stereocenters. The van der Waals surface area contributed by atoms with Crippen LogP contribution < -0.4 is 15.4 Å². The molecule has 3 N–H and O–H groups in total. The van der Waals surface area contributed by atoms with Crippen molar-refractivity contribution < 1.29 is 23.8 Å². The second-order valence-corrected chi connectivity index (χ2v) is 8.52. The number of nitrogens with two attached hydrogens (primary N) is 1. The van der Waals surface area contributed by atoms with E-state index >= 15 is 0 Å². The Kier molecular flexibility index (Phi) is 6.24. The second kappa shape index (κ2) is 9.15. The van der Waals surface area contributed by atoms with Gasteiger partial charge in [0.15, 0.2) is 17.6 Å². The maximum Gasteiger partial charge on any atom is 0.288 e. The molecule has 0 spiro atoms. The van der Waals surface area contributed by atoms with Gasteiger partial charge in [0, 0.05) is 13.5 Å². The van der Waals surface area contributed by atoms with Crippen molar-refractivity contribution in [2.75, 3.05) is 18.6 Å². The largest absolute Gasteiger partial charge is 0.487 e. The number of amides is 2. The van der Waals surface area contributed by atoms with Crippen LogP contribution in [-0.2, 0) is 11.2 Å². The monoisotopic (exact) mass is 478 g/mol. The van der Waals surface area contributed by atoms with E-state index in [0.29, 0.717) is 17.0 Å². The number of fused-ring (bicyclic) bond motifs is 1. The summed E-state index contributed by atoms with van der Waals surface area (Å²) in [6, 6.07) is 8.04. The van der Waals surface area contributed by atoms with Crippen LogP contribution in [0.25, 0.3) is 0 Å². The van der Waals surface area contributed by atoms with Gasteiger partial charge < -0.3 is 15.6 Å². The molecular weight excluding hydrogens is 455 g/mol. The maximum absolute atomic E-state index is 13.4. The molecule has 0 radical (unpaired) electrons. The molecule has 1 aliphatic rings. The van der Waals surface area contributed by atoms with Crippen LogP contribution in [0.15, 0.2) is 36.4 Å². The first-order chi connectivity index (χ1) is 16.5. The lowest BCUT2D eigenvalue weighted by Crippen LogP contribution is -2.37. The Bertz CT molecular complexity index is 1350. The third-order valence-electron chi connectivity index (χ3n) is 5.16. The van der Waals surface area contributed by atoms with Gasteiger partial charge in [0.05, 0.1) is 0 Å². The van der Waals surface area contributed by atoms with E-state index < -0.39 is 23.5 Å². The predicted octanol–water partition coefficient (Wildman–Crippen LogP) is 1.22. The number of hydrogen-bond acceptors (Lipinski definition) is 7. The Labute approximate surface area is 200 Å². The number of halogens is 1. The topological polar surface area (TPSA) is 136 Å². The zero-order chi connectivity index (χ0) is 25.3. The van der Waals surface area contributed by atoms with Crippen molar-refractivity contribution in [3.05, 3.63) is 65.1 Å². The highest BCUT2D eigenvalue weighted by molar-refractivity contribution is 5.97. The fourth-order valence-electron chi connectivity index (χ4n) is 3.43. The van der Waals surface area contributed by atoms with Crippen LogP contribution in [0.5, 0.6) is 5.75 Å². The lowest BCUT2D eigenvalue weighted by Gasteiger charge is -2.20. The number of anilines is 1. The summed E-state index contributed by atoms with van der Waals surface area (Å²) in [7, 11) is 1.54. The van der Waals surface area contributed by atoms with Crippen LogP contribution in [0.4, 0.5) is 10.2 Å². The molecule has 10 nitrogen and oxygen atoms in total. The Balaban J connectivity index is 1.69. The molecule has 1 atom stereocenters. The molecule has 0 saturated heterocycles. The van der Waals surface area contributed by atoms with Crippen molar-refractivity contribution in [3.63, 3.8) is 0 Å².